The molecule has 0 N–H and O–H groups in total. The van der Waals surface area contributed by atoms with Crippen LogP contribution < -0.4 is 4.74 Å². The molecule has 0 bridgehead atoms. The molecule has 1 atom stereocenters. The van der Waals surface area contributed by atoms with E-state index in [1.54, 1.807) is 11.3 Å². The predicted octanol–water partition coefficient (Wildman–Crippen LogP) is 4.12. The van der Waals surface area contributed by atoms with Gasteiger partial charge in [0.1, 0.15) is 17.7 Å². The number of aryl methyl sites for hydroxylation is 1. The Morgan fingerprint density at radius 3 is 2.96 bits per heavy atom. The van der Waals surface area contributed by atoms with E-state index >= 15 is 0 Å². The Kier molecular flexibility index (Phi) is 4.50. The molecule has 2 aliphatic rings. The molecule has 1 aliphatic heterocycles. The maximum Gasteiger partial charge on any atom is 0.232 e. The zero-order valence-electron chi connectivity index (χ0n) is 13.6. The Morgan fingerprint density at radius 1 is 1.29 bits per heavy atom. The average molecular weight is 340 g/mol. The summed E-state index contributed by atoms with van der Waals surface area (Å²) in [6, 6.07) is 6.50. The highest BCUT2D eigenvalue weighted by Gasteiger charge is 2.26. The maximum absolute atomic E-state index is 9.85. The van der Waals surface area contributed by atoms with Gasteiger partial charge in [-0.1, -0.05) is 12.5 Å². The van der Waals surface area contributed by atoms with Crippen molar-refractivity contribution in [2.75, 3.05) is 13.2 Å². The Bertz CT molecular complexity index is 759. The first kappa shape index (κ1) is 15.6. The van der Waals surface area contributed by atoms with E-state index in [4.69, 9.17) is 14.5 Å². The molecule has 0 saturated carbocycles. The molecule has 4 nitrogen and oxygen atoms in total. The summed E-state index contributed by atoms with van der Waals surface area (Å²) in [6.07, 6.45) is 6.36. The fraction of sp³-hybridized carbons (Fsp3) is 0.474. The zero-order chi connectivity index (χ0) is 16.4. The van der Waals surface area contributed by atoms with Crippen LogP contribution in [0.3, 0.4) is 0 Å². The van der Waals surface area contributed by atoms with Crippen molar-refractivity contribution in [1.29, 1.82) is 5.26 Å². The molecule has 1 aliphatic carbocycles. The summed E-state index contributed by atoms with van der Waals surface area (Å²) in [4.78, 5) is 5.92. The second-order valence-corrected chi connectivity index (χ2v) is 7.29. The number of rotatable bonds is 3. The lowest BCUT2D eigenvalue weighted by atomic mass is 9.96. The Morgan fingerprint density at radius 2 is 2.21 bits per heavy atom. The minimum absolute atomic E-state index is 0.00427. The number of nitrogens with zero attached hydrogens (tertiary/aromatic N) is 2. The second kappa shape index (κ2) is 6.92. The van der Waals surface area contributed by atoms with Crippen molar-refractivity contribution in [2.24, 2.45) is 0 Å². The fourth-order valence-corrected chi connectivity index (χ4v) is 4.34. The highest BCUT2D eigenvalue weighted by atomic mass is 32.1. The monoisotopic (exact) mass is 340 g/mol. The number of hydrogen-bond donors (Lipinski definition) is 0. The van der Waals surface area contributed by atoms with Gasteiger partial charge in [0.2, 0.25) is 5.88 Å². The largest absolute Gasteiger partial charge is 0.471 e. The summed E-state index contributed by atoms with van der Waals surface area (Å²) in [7, 11) is 0. The molecule has 4 rings (SSSR count). The number of pyridine rings is 1. The first-order valence-electron chi connectivity index (χ1n) is 8.61. The topological polar surface area (TPSA) is 55.1 Å². The van der Waals surface area contributed by atoms with Crippen molar-refractivity contribution >= 4 is 11.3 Å². The molecule has 0 spiro atoms. The van der Waals surface area contributed by atoms with Crippen molar-refractivity contribution in [3.63, 3.8) is 0 Å². The molecule has 1 saturated heterocycles. The maximum atomic E-state index is 9.85. The third-order valence-corrected chi connectivity index (χ3v) is 5.62. The van der Waals surface area contributed by atoms with E-state index in [0.717, 1.165) is 54.8 Å². The molecular weight excluding hydrogens is 320 g/mol. The van der Waals surface area contributed by atoms with Gasteiger partial charge in [0.05, 0.1) is 13.2 Å². The van der Waals surface area contributed by atoms with Crippen LogP contribution in [0.4, 0.5) is 0 Å². The normalized spacial score (nSPS) is 20.2. The molecule has 0 unspecified atom stereocenters. The van der Waals surface area contributed by atoms with Crippen LogP contribution in [0, 0.1) is 11.3 Å². The SMILES string of the molecule is N#Cc1c(O[C@H]2CCOC2)nc2c(c1-c1cccs1)CCCCC2. The smallest absolute Gasteiger partial charge is 0.232 e. The molecule has 0 radical (unpaired) electrons. The van der Waals surface area contributed by atoms with Gasteiger partial charge >= 0.3 is 0 Å². The van der Waals surface area contributed by atoms with E-state index in [2.05, 4.69) is 17.5 Å². The number of thiophene rings is 1. The molecule has 0 amide bonds. The summed E-state index contributed by atoms with van der Waals surface area (Å²) < 4.78 is 11.5. The van der Waals surface area contributed by atoms with Gasteiger partial charge in [0, 0.05) is 22.6 Å². The second-order valence-electron chi connectivity index (χ2n) is 6.35. The number of fused-ring (bicyclic) bond motifs is 1. The molecule has 2 aromatic rings. The summed E-state index contributed by atoms with van der Waals surface area (Å²) >= 11 is 1.68. The van der Waals surface area contributed by atoms with Gasteiger partial charge in [0.25, 0.3) is 0 Å². The van der Waals surface area contributed by atoms with Gasteiger partial charge < -0.3 is 9.47 Å². The Hall–Kier alpha value is -1.90. The molecule has 24 heavy (non-hydrogen) atoms. The van der Waals surface area contributed by atoms with E-state index in [1.165, 1.54) is 12.0 Å². The molecule has 5 heteroatoms. The van der Waals surface area contributed by atoms with Crippen molar-refractivity contribution in [2.45, 2.75) is 44.6 Å². The van der Waals surface area contributed by atoms with Gasteiger partial charge in [0.15, 0.2) is 0 Å². The van der Waals surface area contributed by atoms with Crippen LogP contribution in [0.1, 0.15) is 42.5 Å². The lowest BCUT2D eigenvalue weighted by Gasteiger charge is -2.18. The van der Waals surface area contributed by atoms with E-state index in [1.807, 2.05) is 6.07 Å². The third-order valence-electron chi connectivity index (χ3n) is 4.74. The molecule has 0 aromatic carbocycles. The summed E-state index contributed by atoms with van der Waals surface area (Å²) in [5, 5.41) is 11.9. The minimum atomic E-state index is 0.00427. The van der Waals surface area contributed by atoms with Crippen molar-refractivity contribution < 1.29 is 9.47 Å². The summed E-state index contributed by atoms with van der Waals surface area (Å²) in [5.74, 6) is 0.497. The van der Waals surface area contributed by atoms with Crippen LogP contribution in [0.2, 0.25) is 0 Å². The molecule has 124 valence electrons. The van der Waals surface area contributed by atoms with Gasteiger partial charge in [-0.3, -0.25) is 0 Å². The number of hydrogen-bond acceptors (Lipinski definition) is 5. The van der Waals surface area contributed by atoms with Crippen LogP contribution in [0.25, 0.3) is 10.4 Å². The van der Waals surface area contributed by atoms with E-state index in [9.17, 15) is 5.26 Å². The van der Waals surface area contributed by atoms with Crippen molar-refractivity contribution in [1.82, 2.24) is 4.98 Å². The summed E-state index contributed by atoms with van der Waals surface area (Å²) in [5.41, 5.74) is 4.00. The van der Waals surface area contributed by atoms with Gasteiger partial charge in [-0.05, 0) is 42.7 Å². The molecular formula is C19H20N2O2S. The standard InChI is InChI=1S/C19H20N2O2S/c20-11-15-18(17-7-4-10-24-17)14-5-2-1-3-6-16(14)21-19(15)23-13-8-9-22-12-13/h4,7,10,13H,1-3,5-6,8-9,12H2/t13-/m0/s1. The first-order chi connectivity index (χ1) is 11.9. The zero-order valence-corrected chi connectivity index (χ0v) is 14.4. The molecule has 1 fully saturated rings. The number of ether oxygens (including phenoxy) is 2. The van der Waals surface area contributed by atoms with Crippen LogP contribution in [0.5, 0.6) is 5.88 Å². The molecule has 2 aromatic heterocycles. The Labute approximate surface area is 146 Å². The predicted molar refractivity (Wildman–Crippen MR) is 93.4 cm³/mol. The van der Waals surface area contributed by atoms with E-state index < -0.39 is 0 Å². The number of aromatic nitrogens is 1. The van der Waals surface area contributed by atoms with Gasteiger partial charge in [-0.25, -0.2) is 4.98 Å². The van der Waals surface area contributed by atoms with Crippen LogP contribution in [0.15, 0.2) is 17.5 Å². The Balaban J connectivity index is 1.86. The highest BCUT2D eigenvalue weighted by Crippen LogP contribution is 2.39. The average Bonchev–Trinajstić information content (AvgIpc) is 3.25. The van der Waals surface area contributed by atoms with E-state index in [-0.39, 0.29) is 6.10 Å². The van der Waals surface area contributed by atoms with Crippen molar-refractivity contribution in [3.8, 4) is 22.4 Å². The lowest BCUT2D eigenvalue weighted by Crippen LogP contribution is -2.18. The highest BCUT2D eigenvalue weighted by molar-refractivity contribution is 7.13. The fourth-order valence-electron chi connectivity index (χ4n) is 3.54. The van der Waals surface area contributed by atoms with E-state index in [0.29, 0.717) is 18.1 Å². The first-order valence-corrected chi connectivity index (χ1v) is 9.49. The summed E-state index contributed by atoms with van der Waals surface area (Å²) in [6.45, 7) is 1.30. The molecule has 3 heterocycles. The van der Waals surface area contributed by atoms with Crippen LogP contribution in [-0.4, -0.2) is 24.3 Å². The lowest BCUT2D eigenvalue weighted by molar-refractivity contribution is 0.137. The number of nitriles is 1. The van der Waals surface area contributed by atoms with Crippen molar-refractivity contribution in [3.05, 3.63) is 34.3 Å². The minimum Gasteiger partial charge on any atom is -0.471 e. The third kappa shape index (κ3) is 2.92. The quantitative estimate of drug-likeness (QED) is 0.789. The van der Waals surface area contributed by atoms with Crippen LogP contribution >= 0.6 is 11.3 Å². The van der Waals surface area contributed by atoms with Gasteiger partial charge in [-0.2, -0.15) is 5.26 Å². The van der Waals surface area contributed by atoms with Gasteiger partial charge in [-0.15, -0.1) is 11.3 Å². The van der Waals surface area contributed by atoms with Crippen LogP contribution in [-0.2, 0) is 17.6 Å².